The molecular weight excluding hydrogens is 1150 g/mol. The van der Waals surface area contributed by atoms with E-state index in [9.17, 15) is 24.0 Å². The highest BCUT2D eigenvalue weighted by Crippen LogP contribution is 2.30. The Morgan fingerprint density at radius 2 is 0.965 bits per heavy atom. The maximum atomic E-state index is 12.7. The number of carbonyl (C=O) groups excluding carboxylic acids is 5. The second-order valence-electron chi connectivity index (χ2n) is 19.3. The number of halogens is 1. The van der Waals surface area contributed by atoms with Crippen LogP contribution in [0.2, 0.25) is 0 Å². The molecule has 0 radical (unpaired) electrons. The summed E-state index contributed by atoms with van der Waals surface area (Å²) < 4.78 is 71.7. The second kappa shape index (κ2) is 52.7. The summed E-state index contributed by atoms with van der Waals surface area (Å²) in [6.07, 6.45) is 6.79. The smallest absolute Gasteiger partial charge is 0.312 e. The Balaban J connectivity index is 0.935. The van der Waals surface area contributed by atoms with Crippen molar-refractivity contribution in [2.75, 3.05) is 197 Å². The average Bonchev–Trinajstić information content (AvgIpc) is 4.11. The summed E-state index contributed by atoms with van der Waals surface area (Å²) in [5.41, 5.74) is 8.09. The van der Waals surface area contributed by atoms with Gasteiger partial charge in [0.2, 0.25) is 11.8 Å². The van der Waals surface area contributed by atoms with Crippen LogP contribution in [-0.2, 0) is 79.4 Å². The lowest BCUT2D eigenvalue weighted by Gasteiger charge is -2.11. The topological polar surface area (TPSA) is 292 Å². The lowest BCUT2D eigenvalue weighted by atomic mass is 10.1. The Morgan fingerprint density at radius 1 is 0.506 bits per heavy atom. The van der Waals surface area contributed by atoms with Crippen LogP contribution >= 0.6 is 11.8 Å². The number of nitrogens with one attached hydrogen (secondary N) is 5. The predicted octanol–water partition coefficient (Wildman–Crippen LogP) is 2.88. The largest absolute Gasteiger partial charge is 0.496 e. The molecule has 3 rings (SSSR count). The number of aryl methyl sites for hydroxylation is 1. The van der Waals surface area contributed by atoms with E-state index in [-0.39, 0.29) is 42.7 Å². The first kappa shape index (κ1) is 74.8. The summed E-state index contributed by atoms with van der Waals surface area (Å²) in [4.78, 5) is 60.7. The maximum absolute atomic E-state index is 12.7. The van der Waals surface area contributed by atoms with Gasteiger partial charge in [-0.3, -0.25) is 19.2 Å². The molecule has 6 amide bonds. The molecule has 2 atom stereocenters. The van der Waals surface area contributed by atoms with Crippen LogP contribution in [0.15, 0.2) is 42.5 Å². The lowest BCUT2D eigenvalue weighted by molar-refractivity contribution is -0.368. The van der Waals surface area contributed by atoms with E-state index in [1.807, 2.05) is 23.9 Å². The summed E-state index contributed by atoms with van der Waals surface area (Å²) in [6.45, 7) is 12.1. The first-order chi connectivity index (χ1) is 41.7. The van der Waals surface area contributed by atoms with Crippen molar-refractivity contribution < 1.29 is 97.2 Å². The van der Waals surface area contributed by atoms with Crippen molar-refractivity contribution in [3.63, 3.8) is 0 Å². The normalized spacial score (nSPS) is 13.9. The zero-order valence-corrected chi connectivity index (χ0v) is 51.6. The van der Waals surface area contributed by atoms with Gasteiger partial charge >= 0.3 is 6.03 Å². The molecule has 0 spiro atoms. The zero-order chi connectivity index (χ0) is 60.9. The van der Waals surface area contributed by atoms with Crippen LogP contribution in [0.25, 0.3) is 0 Å². The number of urea groups is 1. The number of hydrogen-bond acceptors (Lipinski definition) is 19. The van der Waals surface area contributed by atoms with E-state index in [0.29, 0.717) is 219 Å². The van der Waals surface area contributed by atoms with Gasteiger partial charge in [-0.25, -0.2) is 4.79 Å². The van der Waals surface area contributed by atoms with E-state index in [4.69, 9.17) is 78.9 Å². The summed E-state index contributed by atoms with van der Waals surface area (Å²) in [5.74, 6) is 1.53. The fourth-order valence-corrected chi connectivity index (χ4v) is 9.58. The van der Waals surface area contributed by atoms with Gasteiger partial charge in [-0.15, -0.1) is 0 Å². The predicted molar refractivity (Wildman–Crippen MR) is 318 cm³/mol. The number of carbonyl (C=O) groups is 5. The molecule has 1 heterocycles. The molecule has 484 valence electrons. The van der Waals surface area contributed by atoms with E-state index in [1.165, 1.54) is 0 Å². The molecule has 85 heavy (non-hydrogen) atoms. The quantitative estimate of drug-likeness (QED) is 0.0410. The highest BCUT2D eigenvalue weighted by molar-refractivity contribution is 8.00. The summed E-state index contributed by atoms with van der Waals surface area (Å²) >= 11 is 6.88. The molecule has 24 nitrogen and oxygen atoms in total. The molecule has 2 aromatic rings. The first-order valence-electron chi connectivity index (χ1n) is 29.7. The van der Waals surface area contributed by atoms with Gasteiger partial charge in [0.05, 0.1) is 171 Å². The number of primary amides is 1. The molecule has 0 unspecified atom stereocenters. The third-order valence-corrected chi connectivity index (χ3v) is 14.3. The number of benzene rings is 2. The van der Waals surface area contributed by atoms with Crippen molar-refractivity contribution in [3.8, 4) is 5.75 Å². The van der Waals surface area contributed by atoms with Gasteiger partial charge in [0.15, 0.2) is 5.88 Å². The molecule has 0 bridgehead atoms. The monoisotopic (exact) mass is 1250 g/mol. The minimum atomic E-state index is -0.467. The highest BCUT2D eigenvalue weighted by atomic mass is 35.5. The molecule has 2 aromatic carbocycles. The van der Waals surface area contributed by atoms with Crippen LogP contribution < -0.4 is 37.1 Å². The Morgan fingerprint density at radius 3 is 1.45 bits per heavy atom. The standard InChI is InChI=1S/C59H97ClN6O18S/c1-72-54-44-48(6-4-16-60)11-14-53(54)58(70)64-18-5-17-63-57(69)50-12-9-49(10-13-50)46-65-56(68)15-20-73-22-24-75-26-28-77-30-32-79-34-36-81-38-40-83-42-43-84-41-39-82-37-35-80-33-31-78-29-27-76-25-23-74-21-19-62-55(67)8-3-2-7-52-45-51(47-85-52)66-59(61)71/h9-14,44,51-52,60H,2-8,15-43,45-47H2,1H3,(H6-,61,62,63,64,65,66,67,68,69,70,71)/p+1/t51-,52+/m1/s1. The molecule has 1 saturated heterocycles. The number of ether oxygens (including phenoxy) is 13. The molecule has 26 heteroatoms. The molecule has 1 fully saturated rings. The minimum Gasteiger partial charge on any atom is -0.496 e. The van der Waals surface area contributed by atoms with Gasteiger partial charge in [0.25, 0.3) is 11.8 Å². The van der Waals surface area contributed by atoms with Gasteiger partial charge in [-0.1, -0.05) is 24.6 Å². The van der Waals surface area contributed by atoms with Crippen molar-refractivity contribution in [2.24, 2.45) is 5.73 Å². The SMILES string of the molecule is COc1cc(CCC[ClH+])ccc1C(=O)NCCCNC(=O)c1ccc(CNC(=O)CCOCCOCCOCCOCCOCCOCCOCCOCCOCCOCCOCCOCCNC(=O)CCCC[C@H]2C[C@@H](NC(N)=O)CS2)cc1. The number of unbranched alkanes of at least 4 members (excludes halogenated alkanes) is 1. The molecular formula is C59H98ClN6O18S+. The number of hydrogen-bond donors (Lipinski definition) is 6. The molecule has 1 aliphatic heterocycles. The number of methoxy groups -OCH3 is 1. The highest BCUT2D eigenvalue weighted by Gasteiger charge is 2.25. The maximum Gasteiger partial charge on any atom is 0.312 e. The van der Waals surface area contributed by atoms with E-state index in [1.54, 1.807) is 37.4 Å². The molecule has 1 aliphatic rings. The third kappa shape index (κ3) is 41.4. The Bertz CT molecular complexity index is 2040. The average molecular weight is 1250 g/mol. The van der Waals surface area contributed by atoms with Crippen LogP contribution in [0.5, 0.6) is 5.75 Å². The minimum absolute atomic E-state index is 0.0336. The van der Waals surface area contributed by atoms with Crippen molar-refractivity contribution in [2.45, 2.75) is 75.6 Å². The number of nitrogens with two attached hydrogens (primary N) is 1. The van der Waals surface area contributed by atoms with Gasteiger partial charge < -0.3 is 93.9 Å². The van der Waals surface area contributed by atoms with Crippen LogP contribution in [-0.4, -0.2) is 238 Å². The first-order valence-corrected chi connectivity index (χ1v) is 31.3. The lowest BCUT2D eigenvalue weighted by Crippen LogP contribution is -2.38. The Hall–Kier alpha value is -4.45. The van der Waals surface area contributed by atoms with Crippen molar-refractivity contribution in [1.29, 1.82) is 0 Å². The van der Waals surface area contributed by atoms with Crippen molar-refractivity contribution in [3.05, 3.63) is 64.7 Å². The number of rotatable bonds is 57. The van der Waals surface area contributed by atoms with Crippen molar-refractivity contribution >= 4 is 41.4 Å². The third-order valence-electron chi connectivity index (χ3n) is 12.5. The number of thioether (sulfide) groups is 1. The van der Waals surface area contributed by atoms with E-state index < -0.39 is 6.03 Å². The summed E-state index contributed by atoms with van der Waals surface area (Å²) in [5, 5.41) is 14.8. The molecule has 0 aliphatic carbocycles. The van der Waals surface area contributed by atoms with Crippen LogP contribution in [0, 0.1) is 11.6 Å². The Labute approximate surface area is 511 Å². The van der Waals surface area contributed by atoms with E-state index >= 15 is 0 Å². The number of amides is 6. The molecule has 7 N–H and O–H groups in total. The van der Waals surface area contributed by atoms with E-state index in [0.717, 1.165) is 55.4 Å². The van der Waals surface area contributed by atoms with Crippen LogP contribution in [0.1, 0.15) is 83.2 Å². The Kier molecular flexibility index (Phi) is 46.3. The fourth-order valence-electron chi connectivity index (χ4n) is 8.01. The molecule has 0 saturated carbocycles. The van der Waals surface area contributed by atoms with Crippen LogP contribution in [0.4, 0.5) is 4.79 Å². The number of alkyl halides is 1. The fraction of sp³-hybridized carbons (Fsp3) is 0.712. The van der Waals surface area contributed by atoms with Crippen LogP contribution in [0.3, 0.4) is 0 Å². The summed E-state index contributed by atoms with van der Waals surface area (Å²) in [6, 6.07) is 12.3. The van der Waals surface area contributed by atoms with Gasteiger partial charge in [-0.2, -0.15) is 11.8 Å². The summed E-state index contributed by atoms with van der Waals surface area (Å²) in [7, 11) is 1.54. The molecule has 0 aromatic heterocycles. The van der Waals surface area contributed by atoms with Gasteiger partial charge in [0.1, 0.15) is 17.4 Å². The zero-order valence-electron chi connectivity index (χ0n) is 50.0. The van der Waals surface area contributed by atoms with Crippen molar-refractivity contribution in [1.82, 2.24) is 26.6 Å². The van der Waals surface area contributed by atoms with E-state index in [2.05, 4.69) is 26.6 Å². The van der Waals surface area contributed by atoms with Gasteiger partial charge in [0, 0.05) is 68.0 Å². The second-order valence-corrected chi connectivity index (χ2v) is 21.0. The van der Waals surface area contributed by atoms with Gasteiger partial charge in [-0.05, 0) is 67.5 Å².